The van der Waals surface area contributed by atoms with Crippen molar-refractivity contribution >= 4 is 21.9 Å². The van der Waals surface area contributed by atoms with E-state index in [-0.39, 0.29) is 0 Å². The molecule has 0 atom stereocenters. The van der Waals surface area contributed by atoms with Crippen LogP contribution in [0, 0.1) is 6.92 Å². The second-order valence-corrected chi connectivity index (χ2v) is 10.1. The van der Waals surface area contributed by atoms with Gasteiger partial charge in [0.05, 0.1) is 12.2 Å². The highest BCUT2D eigenvalue weighted by Crippen LogP contribution is 2.26. The van der Waals surface area contributed by atoms with Crippen LogP contribution in [0.1, 0.15) is 36.7 Å². The fraction of sp³-hybridized carbons (Fsp3) is 0.296. The lowest BCUT2D eigenvalue weighted by molar-refractivity contribution is -0.152. The molecule has 0 saturated heterocycles. The number of hydrogen-bond donors (Lipinski definition) is 1. The molecular formula is C27H29BrN4O4. The Balaban J connectivity index is 1.54. The first-order chi connectivity index (χ1) is 17.1. The number of aryl methyl sites for hydroxylation is 2. The maximum atomic E-state index is 11.4. The molecule has 0 unspecified atom stereocenters. The van der Waals surface area contributed by atoms with Crippen molar-refractivity contribution in [3.63, 3.8) is 0 Å². The zero-order valence-electron chi connectivity index (χ0n) is 20.7. The largest absolute Gasteiger partial charge is 0.478 e. The Bertz CT molecular complexity index is 1340. The number of benzene rings is 2. The van der Waals surface area contributed by atoms with E-state index in [1.807, 2.05) is 61.1 Å². The lowest BCUT2D eigenvalue weighted by Gasteiger charge is -2.23. The van der Waals surface area contributed by atoms with Crippen LogP contribution in [0.5, 0.6) is 5.75 Å². The van der Waals surface area contributed by atoms with Gasteiger partial charge in [0.1, 0.15) is 17.3 Å². The van der Waals surface area contributed by atoms with Crippen molar-refractivity contribution in [3.8, 4) is 17.2 Å². The molecule has 4 rings (SSSR count). The number of rotatable bonds is 10. The lowest BCUT2D eigenvalue weighted by Crippen LogP contribution is -2.37. The minimum Gasteiger partial charge on any atom is -0.478 e. The number of hydrogen-bond acceptors (Lipinski definition) is 6. The second-order valence-electron chi connectivity index (χ2n) is 9.19. The van der Waals surface area contributed by atoms with Gasteiger partial charge in [0.15, 0.2) is 5.60 Å². The first-order valence-electron chi connectivity index (χ1n) is 11.5. The first kappa shape index (κ1) is 25.7. The smallest absolute Gasteiger partial charge is 0.347 e. The topological polar surface area (TPSA) is 93.6 Å². The number of carboxylic acid groups (broad SMARTS) is 1. The number of carboxylic acids is 1. The molecule has 4 aromatic rings. The van der Waals surface area contributed by atoms with Gasteiger partial charge in [0.25, 0.3) is 0 Å². The molecule has 0 aliphatic heterocycles. The number of imidazole rings is 1. The lowest BCUT2D eigenvalue weighted by atomic mass is 10.1. The quantitative estimate of drug-likeness (QED) is 0.274. The van der Waals surface area contributed by atoms with Crippen LogP contribution in [0.2, 0.25) is 0 Å². The van der Waals surface area contributed by atoms with Gasteiger partial charge in [0.2, 0.25) is 5.89 Å². The molecule has 0 bridgehead atoms. The molecule has 0 fully saturated rings. The van der Waals surface area contributed by atoms with Crippen LogP contribution in [-0.2, 0) is 31.5 Å². The molecule has 2 aromatic heterocycles. The average Bonchev–Trinajstić information content (AvgIpc) is 3.40. The van der Waals surface area contributed by atoms with Crippen molar-refractivity contribution in [1.29, 1.82) is 0 Å². The van der Waals surface area contributed by atoms with Crippen LogP contribution in [0.15, 0.2) is 69.8 Å². The summed E-state index contributed by atoms with van der Waals surface area (Å²) in [6.07, 6.45) is 3.72. The summed E-state index contributed by atoms with van der Waals surface area (Å²) in [6.45, 7) is 6.81. The minimum atomic E-state index is -1.30. The number of ether oxygens (including phenoxy) is 1. The van der Waals surface area contributed by atoms with Gasteiger partial charge in [-0.3, -0.25) is 4.90 Å². The summed E-state index contributed by atoms with van der Waals surface area (Å²) in [4.78, 5) is 22.9. The maximum Gasteiger partial charge on any atom is 0.347 e. The highest BCUT2D eigenvalue weighted by molar-refractivity contribution is 9.10. The summed E-state index contributed by atoms with van der Waals surface area (Å²) in [6, 6.07) is 15.4. The molecule has 1 N–H and O–H groups in total. The first-order valence-corrected chi connectivity index (χ1v) is 12.3. The fourth-order valence-electron chi connectivity index (χ4n) is 3.71. The third kappa shape index (κ3) is 6.22. The monoisotopic (exact) mass is 552 g/mol. The molecule has 36 heavy (non-hydrogen) atoms. The maximum absolute atomic E-state index is 11.4. The van der Waals surface area contributed by atoms with Gasteiger partial charge in [-0.25, -0.2) is 14.8 Å². The molecule has 2 heterocycles. The number of nitrogens with zero attached hydrogens (tertiary/aromatic N) is 4. The Labute approximate surface area is 218 Å². The number of halogens is 1. The van der Waals surface area contributed by atoms with Crippen LogP contribution in [0.3, 0.4) is 0 Å². The van der Waals surface area contributed by atoms with E-state index in [9.17, 15) is 9.90 Å². The van der Waals surface area contributed by atoms with E-state index in [1.165, 1.54) is 13.8 Å². The Kier molecular flexibility index (Phi) is 7.61. The minimum absolute atomic E-state index is 0.507. The van der Waals surface area contributed by atoms with Crippen LogP contribution < -0.4 is 4.74 Å². The van der Waals surface area contributed by atoms with Crippen molar-refractivity contribution in [2.24, 2.45) is 7.05 Å². The van der Waals surface area contributed by atoms with Crippen molar-refractivity contribution in [1.82, 2.24) is 19.4 Å². The Hall–Kier alpha value is -3.43. The summed E-state index contributed by atoms with van der Waals surface area (Å²) < 4.78 is 14.6. The van der Waals surface area contributed by atoms with Crippen LogP contribution >= 0.6 is 15.9 Å². The van der Waals surface area contributed by atoms with E-state index in [1.54, 1.807) is 18.3 Å². The van der Waals surface area contributed by atoms with Crippen LogP contribution in [0.25, 0.3) is 11.5 Å². The molecule has 0 spiro atoms. The zero-order chi connectivity index (χ0) is 25.9. The summed E-state index contributed by atoms with van der Waals surface area (Å²) in [5.41, 5.74) is 1.53. The molecule has 188 valence electrons. The van der Waals surface area contributed by atoms with E-state index in [0.29, 0.717) is 31.3 Å². The summed E-state index contributed by atoms with van der Waals surface area (Å²) in [7, 11) is 1.98. The number of carbonyl (C=O) groups is 1. The van der Waals surface area contributed by atoms with Gasteiger partial charge in [-0.15, -0.1) is 0 Å². The molecule has 8 nitrogen and oxygen atoms in total. The fourth-order valence-corrected chi connectivity index (χ4v) is 4.11. The van der Waals surface area contributed by atoms with Crippen molar-refractivity contribution in [2.45, 2.75) is 46.0 Å². The predicted octanol–water partition coefficient (Wildman–Crippen LogP) is 5.59. The van der Waals surface area contributed by atoms with E-state index in [4.69, 9.17) is 14.1 Å². The van der Waals surface area contributed by atoms with Crippen molar-refractivity contribution in [3.05, 3.63) is 88.2 Å². The highest BCUT2D eigenvalue weighted by Gasteiger charge is 2.29. The van der Waals surface area contributed by atoms with Crippen LogP contribution in [-0.4, -0.2) is 36.1 Å². The number of aromatic nitrogens is 3. The predicted molar refractivity (Wildman–Crippen MR) is 139 cm³/mol. The standard InChI is InChI=1S/C27H29BrN4O4/c1-18-23(30-25(35-18)20-6-5-7-21(28)14-20)16-32(17-24-29-12-13-31(24)4)15-19-8-10-22(11-9-19)36-27(2,3)26(33)34/h5-14H,15-17H2,1-4H3,(H,33,34). The van der Waals surface area contributed by atoms with Crippen molar-refractivity contribution < 1.29 is 19.1 Å². The zero-order valence-corrected chi connectivity index (χ0v) is 22.3. The SMILES string of the molecule is Cc1oc(-c2cccc(Br)c2)nc1CN(Cc1ccc(OC(C)(C)C(=O)O)cc1)Cc1nccn1C. The molecule has 9 heteroatoms. The molecule has 0 aliphatic carbocycles. The Morgan fingerprint density at radius 3 is 2.56 bits per heavy atom. The third-order valence-corrected chi connectivity index (χ3v) is 6.33. The second kappa shape index (κ2) is 10.7. The van der Waals surface area contributed by atoms with Gasteiger partial charge in [-0.05, 0) is 56.7 Å². The van der Waals surface area contributed by atoms with E-state index in [2.05, 4.69) is 25.8 Å². The molecule has 0 radical (unpaired) electrons. The molecular weight excluding hydrogens is 524 g/mol. The Morgan fingerprint density at radius 1 is 1.17 bits per heavy atom. The van der Waals surface area contributed by atoms with Crippen LogP contribution in [0.4, 0.5) is 0 Å². The van der Waals surface area contributed by atoms with Gasteiger partial charge >= 0.3 is 5.97 Å². The number of oxazole rings is 1. The summed E-state index contributed by atoms with van der Waals surface area (Å²) >= 11 is 3.51. The summed E-state index contributed by atoms with van der Waals surface area (Å²) in [5.74, 6) is 1.79. The van der Waals surface area contributed by atoms with Gasteiger partial charge in [-0.2, -0.15) is 0 Å². The molecule has 2 aromatic carbocycles. The normalized spacial score (nSPS) is 11.7. The van der Waals surface area contributed by atoms with Crippen molar-refractivity contribution in [2.75, 3.05) is 0 Å². The van der Waals surface area contributed by atoms with E-state index in [0.717, 1.165) is 32.9 Å². The summed E-state index contributed by atoms with van der Waals surface area (Å²) in [5, 5.41) is 9.32. The molecule has 0 aliphatic rings. The Morgan fingerprint density at radius 2 is 1.92 bits per heavy atom. The molecule has 0 saturated carbocycles. The highest BCUT2D eigenvalue weighted by atomic mass is 79.9. The average molecular weight is 553 g/mol. The van der Waals surface area contributed by atoms with Gasteiger partial charge in [0, 0.05) is 42.6 Å². The van der Waals surface area contributed by atoms with E-state index < -0.39 is 11.6 Å². The van der Waals surface area contributed by atoms with E-state index >= 15 is 0 Å². The number of aliphatic carboxylic acids is 1. The van der Waals surface area contributed by atoms with Gasteiger partial charge in [-0.1, -0.05) is 34.1 Å². The molecule has 0 amide bonds. The third-order valence-electron chi connectivity index (χ3n) is 5.84. The van der Waals surface area contributed by atoms with Gasteiger partial charge < -0.3 is 18.8 Å².